The van der Waals surface area contributed by atoms with Crippen LogP contribution in [0.4, 0.5) is 5.69 Å². The Kier molecular flexibility index (Phi) is 3.81. The van der Waals surface area contributed by atoms with Crippen LogP contribution < -0.4 is 10.1 Å². The standard InChI is InChI=1S/C14H13NO3/c1-17-12-6-4-11(5-7-12)15-9-8-13(16)14-3-2-10-18-14/h2-10,15H,1H3/b9-8-. The number of furan rings is 1. The third-order valence-corrected chi connectivity index (χ3v) is 2.34. The van der Waals surface area contributed by atoms with Gasteiger partial charge in [-0.2, -0.15) is 0 Å². The molecule has 1 aromatic heterocycles. The summed E-state index contributed by atoms with van der Waals surface area (Å²) in [4.78, 5) is 11.6. The number of hydrogen-bond acceptors (Lipinski definition) is 4. The van der Waals surface area contributed by atoms with Crippen molar-refractivity contribution >= 4 is 11.5 Å². The summed E-state index contributed by atoms with van der Waals surface area (Å²) in [6.45, 7) is 0. The second-order valence-electron chi connectivity index (χ2n) is 3.55. The first-order valence-electron chi connectivity index (χ1n) is 5.44. The molecule has 1 N–H and O–H groups in total. The zero-order valence-corrected chi connectivity index (χ0v) is 9.92. The molecule has 0 amide bonds. The molecule has 0 spiro atoms. The number of ketones is 1. The molecule has 0 saturated heterocycles. The summed E-state index contributed by atoms with van der Waals surface area (Å²) in [5, 5.41) is 2.99. The molecule has 0 fully saturated rings. The van der Waals surface area contributed by atoms with Gasteiger partial charge in [0.2, 0.25) is 5.78 Å². The second-order valence-corrected chi connectivity index (χ2v) is 3.55. The minimum absolute atomic E-state index is 0.180. The van der Waals surface area contributed by atoms with E-state index in [0.717, 1.165) is 11.4 Å². The quantitative estimate of drug-likeness (QED) is 0.647. The van der Waals surface area contributed by atoms with Crippen LogP contribution in [0.2, 0.25) is 0 Å². The smallest absolute Gasteiger partial charge is 0.222 e. The number of nitrogens with one attached hydrogen (secondary N) is 1. The molecule has 18 heavy (non-hydrogen) atoms. The Morgan fingerprint density at radius 1 is 1.28 bits per heavy atom. The lowest BCUT2D eigenvalue weighted by atomic mass is 10.3. The van der Waals surface area contributed by atoms with Crippen LogP contribution in [-0.4, -0.2) is 12.9 Å². The molecule has 0 radical (unpaired) electrons. The van der Waals surface area contributed by atoms with Crippen molar-refractivity contribution in [2.75, 3.05) is 12.4 Å². The summed E-state index contributed by atoms with van der Waals surface area (Å²) in [7, 11) is 1.62. The first-order valence-corrected chi connectivity index (χ1v) is 5.44. The first kappa shape index (κ1) is 12.0. The number of rotatable bonds is 5. The molecule has 0 saturated carbocycles. The third-order valence-electron chi connectivity index (χ3n) is 2.34. The zero-order valence-electron chi connectivity index (χ0n) is 9.92. The molecule has 92 valence electrons. The number of benzene rings is 1. The van der Waals surface area contributed by atoms with E-state index in [-0.39, 0.29) is 5.78 Å². The average molecular weight is 243 g/mol. The van der Waals surface area contributed by atoms with E-state index in [1.807, 2.05) is 24.3 Å². The minimum Gasteiger partial charge on any atom is -0.497 e. The van der Waals surface area contributed by atoms with Gasteiger partial charge < -0.3 is 14.5 Å². The Hall–Kier alpha value is -2.49. The Bertz CT molecular complexity index is 527. The highest BCUT2D eigenvalue weighted by Crippen LogP contribution is 2.14. The molecule has 2 rings (SSSR count). The molecule has 1 heterocycles. The summed E-state index contributed by atoms with van der Waals surface area (Å²) in [6, 6.07) is 10.7. The molecule has 0 atom stereocenters. The van der Waals surface area contributed by atoms with Gasteiger partial charge in [0.05, 0.1) is 13.4 Å². The van der Waals surface area contributed by atoms with Crippen LogP contribution in [0.5, 0.6) is 5.75 Å². The van der Waals surface area contributed by atoms with Crippen molar-refractivity contribution in [3.05, 3.63) is 60.7 Å². The molecule has 4 heteroatoms. The third kappa shape index (κ3) is 3.01. The minimum atomic E-state index is -0.180. The van der Waals surface area contributed by atoms with Gasteiger partial charge in [0, 0.05) is 18.0 Å². The number of allylic oxidation sites excluding steroid dienone is 1. The normalized spacial score (nSPS) is 10.5. The molecular weight excluding hydrogens is 230 g/mol. The van der Waals surface area contributed by atoms with Gasteiger partial charge in [-0.3, -0.25) is 4.79 Å². The lowest BCUT2D eigenvalue weighted by Gasteiger charge is -2.02. The highest BCUT2D eigenvalue weighted by atomic mass is 16.5. The van der Waals surface area contributed by atoms with Crippen LogP contribution >= 0.6 is 0 Å². The van der Waals surface area contributed by atoms with Crippen LogP contribution in [0.15, 0.2) is 59.4 Å². The van der Waals surface area contributed by atoms with E-state index in [2.05, 4.69) is 5.32 Å². The van der Waals surface area contributed by atoms with Crippen molar-refractivity contribution in [2.24, 2.45) is 0 Å². The van der Waals surface area contributed by atoms with Gasteiger partial charge in [0.1, 0.15) is 5.75 Å². The number of carbonyl (C=O) groups is 1. The van der Waals surface area contributed by atoms with Crippen LogP contribution in [0.3, 0.4) is 0 Å². The van der Waals surface area contributed by atoms with E-state index in [1.165, 1.54) is 12.3 Å². The number of carbonyl (C=O) groups excluding carboxylic acids is 1. The SMILES string of the molecule is COc1ccc(N/C=C\C(=O)c2ccco2)cc1. The summed E-state index contributed by atoms with van der Waals surface area (Å²) in [5.74, 6) is 0.931. The molecule has 0 aliphatic rings. The van der Waals surface area contributed by atoms with Crippen molar-refractivity contribution in [2.45, 2.75) is 0 Å². The fraction of sp³-hybridized carbons (Fsp3) is 0.0714. The van der Waals surface area contributed by atoms with Crippen molar-refractivity contribution in [3.8, 4) is 5.75 Å². The first-order chi connectivity index (χ1) is 8.79. The summed E-state index contributed by atoms with van der Waals surface area (Å²) < 4.78 is 10.0. The molecular formula is C14H13NO3. The van der Waals surface area contributed by atoms with E-state index in [9.17, 15) is 4.79 Å². The number of hydrogen-bond donors (Lipinski definition) is 1. The molecule has 0 aliphatic carbocycles. The topological polar surface area (TPSA) is 51.5 Å². The fourth-order valence-electron chi connectivity index (χ4n) is 1.40. The highest BCUT2D eigenvalue weighted by Gasteiger charge is 2.02. The lowest BCUT2D eigenvalue weighted by molar-refractivity contribution is 0.102. The molecule has 1 aromatic carbocycles. The maximum absolute atomic E-state index is 11.6. The van der Waals surface area contributed by atoms with Gasteiger partial charge in [-0.05, 0) is 36.4 Å². The van der Waals surface area contributed by atoms with Gasteiger partial charge in [-0.25, -0.2) is 0 Å². The predicted molar refractivity (Wildman–Crippen MR) is 68.8 cm³/mol. The molecule has 0 unspecified atom stereocenters. The van der Waals surface area contributed by atoms with E-state index in [4.69, 9.17) is 9.15 Å². The van der Waals surface area contributed by atoms with Crippen LogP contribution in [0.1, 0.15) is 10.6 Å². The maximum Gasteiger partial charge on any atom is 0.222 e. The predicted octanol–water partition coefficient (Wildman–Crippen LogP) is 3.10. The molecule has 0 aliphatic heterocycles. The lowest BCUT2D eigenvalue weighted by Crippen LogP contribution is -1.94. The zero-order chi connectivity index (χ0) is 12.8. The van der Waals surface area contributed by atoms with Crippen molar-refractivity contribution in [1.29, 1.82) is 0 Å². The number of ether oxygens (including phenoxy) is 1. The average Bonchev–Trinajstić information content (AvgIpc) is 2.93. The van der Waals surface area contributed by atoms with Crippen molar-refractivity contribution in [1.82, 2.24) is 0 Å². The van der Waals surface area contributed by atoms with Crippen LogP contribution in [0.25, 0.3) is 0 Å². The molecule has 2 aromatic rings. The summed E-state index contributed by atoms with van der Waals surface area (Å²) in [6.07, 6.45) is 4.47. The Labute approximate surface area is 105 Å². The number of methoxy groups -OCH3 is 1. The van der Waals surface area contributed by atoms with E-state index < -0.39 is 0 Å². The van der Waals surface area contributed by atoms with Crippen LogP contribution in [0, 0.1) is 0 Å². The molecule has 4 nitrogen and oxygen atoms in total. The highest BCUT2D eigenvalue weighted by molar-refractivity contribution is 6.02. The Balaban J connectivity index is 1.92. The Morgan fingerprint density at radius 3 is 2.67 bits per heavy atom. The van der Waals surface area contributed by atoms with Gasteiger partial charge >= 0.3 is 0 Å². The van der Waals surface area contributed by atoms with Gasteiger partial charge in [-0.1, -0.05) is 0 Å². The molecule has 0 bridgehead atoms. The van der Waals surface area contributed by atoms with Crippen molar-refractivity contribution < 1.29 is 13.9 Å². The van der Waals surface area contributed by atoms with E-state index in [0.29, 0.717) is 5.76 Å². The second kappa shape index (κ2) is 5.72. The maximum atomic E-state index is 11.6. The van der Waals surface area contributed by atoms with Crippen molar-refractivity contribution in [3.63, 3.8) is 0 Å². The summed E-state index contributed by atoms with van der Waals surface area (Å²) in [5.41, 5.74) is 0.874. The van der Waals surface area contributed by atoms with Gasteiger partial charge in [0.15, 0.2) is 5.76 Å². The number of anilines is 1. The van der Waals surface area contributed by atoms with E-state index in [1.54, 1.807) is 25.4 Å². The fourth-order valence-corrected chi connectivity index (χ4v) is 1.40. The monoisotopic (exact) mass is 243 g/mol. The van der Waals surface area contributed by atoms with Gasteiger partial charge in [-0.15, -0.1) is 0 Å². The van der Waals surface area contributed by atoms with E-state index >= 15 is 0 Å². The van der Waals surface area contributed by atoms with Gasteiger partial charge in [0.25, 0.3) is 0 Å². The Morgan fingerprint density at radius 2 is 2.06 bits per heavy atom. The summed E-state index contributed by atoms with van der Waals surface area (Å²) >= 11 is 0. The largest absolute Gasteiger partial charge is 0.497 e. The van der Waals surface area contributed by atoms with Crippen LogP contribution in [-0.2, 0) is 0 Å².